The van der Waals surface area contributed by atoms with Crippen molar-refractivity contribution in [3.63, 3.8) is 0 Å². The maximum Gasteiger partial charge on any atom is 0.416 e. The Kier molecular flexibility index (Phi) is 5.01. The SMILES string of the molecule is CC(=O)N1CCc2c(c(Nc3ccc(-c4ccc(C(F)(F)F)cc4)cc3)nn2C)C1. The normalized spacial score (nSPS) is 13.8. The number of hydrogen-bond donors (Lipinski definition) is 1. The van der Waals surface area contributed by atoms with Crippen molar-refractivity contribution >= 4 is 17.4 Å². The smallest absolute Gasteiger partial charge is 0.338 e. The second-order valence-corrected chi connectivity index (χ2v) is 7.37. The van der Waals surface area contributed by atoms with Crippen LogP contribution >= 0.6 is 0 Å². The van der Waals surface area contributed by atoms with E-state index < -0.39 is 11.7 Å². The number of amides is 1. The average molecular weight is 414 g/mol. The van der Waals surface area contributed by atoms with E-state index in [0.29, 0.717) is 24.5 Å². The first-order chi connectivity index (χ1) is 14.2. The fourth-order valence-electron chi connectivity index (χ4n) is 3.70. The number of fused-ring (bicyclic) bond motifs is 1. The number of anilines is 2. The highest BCUT2D eigenvalue weighted by Gasteiger charge is 2.30. The minimum atomic E-state index is -4.34. The topological polar surface area (TPSA) is 50.2 Å². The predicted molar refractivity (Wildman–Crippen MR) is 108 cm³/mol. The van der Waals surface area contributed by atoms with Crippen LogP contribution in [0.3, 0.4) is 0 Å². The Balaban J connectivity index is 1.53. The van der Waals surface area contributed by atoms with Crippen molar-refractivity contribution in [3.05, 3.63) is 65.4 Å². The molecule has 0 radical (unpaired) electrons. The molecule has 1 amide bonds. The number of carbonyl (C=O) groups excluding carboxylic acids is 1. The van der Waals surface area contributed by atoms with Crippen molar-refractivity contribution < 1.29 is 18.0 Å². The molecule has 0 fully saturated rings. The van der Waals surface area contributed by atoms with E-state index in [1.54, 1.807) is 11.8 Å². The van der Waals surface area contributed by atoms with Gasteiger partial charge in [-0.3, -0.25) is 9.48 Å². The molecule has 1 aliphatic heterocycles. The number of benzene rings is 2. The summed E-state index contributed by atoms with van der Waals surface area (Å²) in [5, 5.41) is 7.86. The lowest BCUT2D eigenvalue weighted by Crippen LogP contribution is -2.34. The minimum absolute atomic E-state index is 0.0383. The molecule has 3 aromatic rings. The molecule has 0 spiro atoms. The van der Waals surface area contributed by atoms with Crippen LogP contribution < -0.4 is 5.32 Å². The Morgan fingerprint density at radius 3 is 2.20 bits per heavy atom. The number of hydrogen-bond acceptors (Lipinski definition) is 3. The second-order valence-electron chi connectivity index (χ2n) is 7.37. The third kappa shape index (κ3) is 3.90. The first-order valence-electron chi connectivity index (χ1n) is 9.57. The highest BCUT2D eigenvalue weighted by molar-refractivity contribution is 5.74. The van der Waals surface area contributed by atoms with E-state index in [0.717, 1.165) is 41.1 Å². The first kappa shape index (κ1) is 20.0. The highest BCUT2D eigenvalue weighted by atomic mass is 19.4. The Morgan fingerprint density at radius 2 is 1.63 bits per heavy atom. The van der Waals surface area contributed by atoms with E-state index in [9.17, 15) is 18.0 Å². The molecule has 0 saturated heterocycles. The maximum absolute atomic E-state index is 12.7. The first-order valence-corrected chi connectivity index (χ1v) is 9.57. The van der Waals surface area contributed by atoms with Crippen LogP contribution in [0.4, 0.5) is 24.7 Å². The summed E-state index contributed by atoms with van der Waals surface area (Å²) >= 11 is 0. The highest BCUT2D eigenvalue weighted by Crippen LogP contribution is 2.32. The van der Waals surface area contributed by atoms with Crippen molar-refractivity contribution in [2.45, 2.75) is 26.1 Å². The summed E-state index contributed by atoms with van der Waals surface area (Å²) in [4.78, 5) is 13.5. The fraction of sp³-hybridized carbons (Fsp3) is 0.273. The second kappa shape index (κ2) is 7.51. The summed E-state index contributed by atoms with van der Waals surface area (Å²) in [5.41, 5.74) is 3.79. The third-order valence-electron chi connectivity index (χ3n) is 5.38. The van der Waals surface area contributed by atoms with Gasteiger partial charge in [-0.15, -0.1) is 0 Å². The van der Waals surface area contributed by atoms with Gasteiger partial charge in [-0.05, 0) is 35.4 Å². The molecule has 2 aromatic carbocycles. The molecule has 1 aromatic heterocycles. The van der Waals surface area contributed by atoms with Crippen LogP contribution in [0.5, 0.6) is 0 Å². The largest absolute Gasteiger partial charge is 0.416 e. The fourth-order valence-corrected chi connectivity index (χ4v) is 3.70. The molecule has 156 valence electrons. The van der Waals surface area contributed by atoms with Gasteiger partial charge < -0.3 is 10.2 Å². The summed E-state index contributed by atoms with van der Waals surface area (Å²) in [7, 11) is 1.89. The minimum Gasteiger partial charge on any atom is -0.338 e. The third-order valence-corrected chi connectivity index (χ3v) is 5.38. The van der Waals surface area contributed by atoms with Crippen LogP contribution in [0.1, 0.15) is 23.7 Å². The van der Waals surface area contributed by atoms with Crippen LogP contribution in [0, 0.1) is 0 Å². The van der Waals surface area contributed by atoms with Gasteiger partial charge in [0.15, 0.2) is 5.82 Å². The molecule has 0 unspecified atom stereocenters. The summed E-state index contributed by atoms with van der Waals surface area (Å²) in [6.07, 6.45) is -3.58. The zero-order chi connectivity index (χ0) is 21.5. The molecule has 0 aliphatic carbocycles. The van der Waals surface area contributed by atoms with Crippen LogP contribution in [-0.2, 0) is 31.0 Å². The van der Waals surface area contributed by atoms with Gasteiger partial charge >= 0.3 is 6.18 Å². The predicted octanol–water partition coefficient (Wildman–Crippen LogP) is 4.75. The van der Waals surface area contributed by atoms with Crippen molar-refractivity contribution in [1.82, 2.24) is 14.7 Å². The molecular formula is C22H21F3N4O. The summed E-state index contributed by atoms with van der Waals surface area (Å²) in [5.74, 6) is 0.747. The Hall–Kier alpha value is -3.29. The van der Waals surface area contributed by atoms with E-state index in [1.807, 2.05) is 36.0 Å². The number of aromatic nitrogens is 2. The van der Waals surface area contributed by atoms with Crippen molar-refractivity contribution in [1.29, 1.82) is 0 Å². The standard InChI is InChI=1S/C22H21F3N4O/c1-14(30)29-12-11-20-19(13-29)21(27-28(20)2)26-18-9-5-16(6-10-18)15-3-7-17(8-4-15)22(23,24)25/h3-10H,11-13H2,1-2H3,(H,26,27). The van der Waals surface area contributed by atoms with Crippen molar-refractivity contribution in [2.75, 3.05) is 11.9 Å². The molecule has 5 nitrogen and oxygen atoms in total. The lowest BCUT2D eigenvalue weighted by atomic mass is 10.0. The molecule has 8 heteroatoms. The van der Waals surface area contributed by atoms with Gasteiger partial charge in [-0.2, -0.15) is 18.3 Å². The number of nitrogens with zero attached hydrogens (tertiary/aromatic N) is 3. The lowest BCUT2D eigenvalue weighted by molar-refractivity contribution is -0.137. The van der Waals surface area contributed by atoms with Gasteiger partial charge in [0, 0.05) is 43.9 Å². The Labute approximate surface area is 172 Å². The van der Waals surface area contributed by atoms with E-state index in [-0.39, 0.29) is 5.91 Å². The molecule has 0 bridgehead atoms. The van der Waals surface area contributed by atoms with Crippen LogP contribution in [0.15, 0.2) is 48.5 Å². The van der Waals surface area contributed by atoms with E-state index >= 15 is 0 Å². The summed E-state index contributed by atoms with van der Waals surface area (Å²) in [6, 6.07) is 12.5. The van der Waals surface area contributed by atoms with Gasteiger partial charge in [0.1, 0.15) is 0 Å². The van der Waals surface area contributed by atoms with Crippen molar-refractivity contribution in [2.24, 2.45) is 7.05 Å². The van der Waals surface area contributed by atoms with Crippen LogP contribution in [0.2, 0.25) is 0 Å². The van der Waals surface area contributed by atoms with Crippen LogP contribution in [-0.4, -0.2) is 27.1 Å². The quantitative estimate of drug-likeness (QED) is 0.673. The van der Waals surface area contributed by atoms with Gasteiger partial charge in [0.05, 0.1) is 12.1 Å². The number of alkyl halides is 3. The van der Waals surface area contributed by atoms with E-state index in [1.165, 1.54) is 12.1 Å². The molecule has 0 saturated carbocycles. The number of carbonyl (C=O) groups is 1. The number of rotatable bonds is 3. The van der Waals surface area contributed by atoms with E-state index in [2.05, 4.69) is 10.4 Å². The number of aryl methyl sites for hydroxylation is 1. The van der Waals surface area contributed by atoms with Gasteiger partial charge in [0.25, 0.3) is 0 Å². The molecule has 2 heterocycles. The monoisotopic (exact) mass is 414 g/mol. The average Bonchev–Trinajstić information content (AvgIpc) is 3.03. The molecule has 4 rings (SSSR count). The zero-order valence-corrected chi connectivity index (χ0v) is 16.6. The molecule has 1 aliphatic rings. The van der Waals surface area contributed by atoms with Gasteiger partial charge in [-0.25, -0.2) is 0 Å². The lowest BCUT2D eigenvalue weighted by Gasteiger charge is -2.26. The maximum atomic E-state index is 12.7. The molecule has 0 atom stereocenters. The molecule has 30 heavy (non-hydrogen) atoms. The Morgan fingerprint density at radius 1 is 1.03 bits per heavy atom. The van der Waals surface area contributed by atoms with Crippen LogP contribution in [0.25, 0.3) is 11.1 Å². The molecule has 1 N–H and O–H groups in total. The van der Waals surface area contributed by atoms with E-state index in [4.69, 9.17) is 0 Å². The molecular weight excluding hydrogens is 393 g/mol. The zero-order valence-electron chi connectivity index (χ0n) is 16.6. The van der Waals surface area contributed by atoms with Crippen molar-refractivity contribution in [3.8, 4) is 11.1 Å². The number of nitrogens with one attached hydrogen (secondary N) is 1. The number of halogens is 3. The summed E-state index contributed by atoms with van der Waals surface area (Å²) < 4.78 is 40.0. The van der Waals surface area contributed by atoms with Gasteiger partial charge in [-0.1, -0.05) is 24.3 Å². The summed E-state index contributed by atoms with van der Waals surface area (Å²) in [6.45, 7) is 2.77. The Bertz CT molecular complexity index is 1070. The van der Waals surface area contributed by atoms with Gasteiger partial charge in [0.2, 0.25) is 5.91 Å².